The molecule has 0 radical (unpaired) electrons. The maximum absolute atomic E-state index is 11.5. The fourth-order valence-corrected chi connectivity index (χ4v) is 7.21. The lowest BCUT2D eigenvalue weighted by Gasteiger charge is -2.58. The van der Waals surface area contributed by atoms with Crippen LogP contribution in [-0.4, -0.2) is 5.11 Å². The van der Waals surface area contributed by atoms with Gasteiger partial charge in [0.2, 0.25) is 0 Å². The Bertz CT molecular complexity index is 691. The Morgan fingerprint density at radius 2 is 1.31 bits per heavy atom. The third kappa shape index (κ3) is 2.72. The monoisotopic (exact) mass is 354 g/mol. The Balaban J connectivity index is 1.96. The molecule has 0 aliphatic heterocycles. The van der Waals surface area contributed by atoms with Crippen molar-refractivity contribution in [1.29, 1.82) is 0 Å². The fraction of sp³-hybridized carbons (Fsp3) is 0.760. The zero-order valence-electron chi connectivity index (χ0n) is 18.0. The Morgan fingerprint density at radius 3 is 1.69 bits per heavy atom. The largest absolute Gasteiger partial charge is 0.507 e. The molecule has 0 heterocycles. The molecular weight excluding hydrogens is 316 g/mol. The molecule has 1 nitrogen and oxygen atoms in total. The molecule has 4 fully saturated rings. The van der Waals surface area contributed by atoms with Crippen molar-refractivity contribution in [2.24, 2.45) is 17.8 Å². The molecule has 0 atom stereocenters. The Hall–Kier alpha value is -0.980. The first-order valence-electron chi connectivity index (χ1n) is 10.8. The van der Waals surface area contributed by atoms with Crippen LogP contribution < -0.4 is 0 Å². The topological polar surface area (TPSA) is 20.2 Å². The smallest absolute Gasteiger partial charge is 0.123 e. The minimum absolute atomic E-state index is 0.0329. The van der Waals surface area contributed by atoms with Crippen LogP contribution in [0.5, 0.6) is 5.75 Å². The van der Waals surface area contributed by atoms with Crippen LogP contribution in [0.25, 0.3) is 0 Å². The lowest BCUT2D eigenvalue weighted by atomic mass is 9.46. The van der Waals surface area contributed by atoms with Gasteiger partial charge in [-0.2, -0.15) is 0 Å². The number of phenols is 1. The zero-order chi connectivity index (χ0) is 19.1. The molecule has 0 saturated heterocycles. The highest BCUT2D eigenvalue weighted by Crippen LogP contribution is 2.63. The van der Waals surface area contributed by atoms with E-state index in [0.29, 0.717) is 11.2 Å². The van der Waals surface area contributed by atoms with E-state index in [-0.39, 0.29) is 10.8 Å². The minimum Gasteiger partial charge on any atom is -0.507 e. The molecule has 144 valence electrons. The van der Waals surface area contributed by atoms with E-state index >= 15 is 0 Å². The average Bonchev–Trinajstić information content (AvgIpc) is 2.44. The summed E-state index contributed by atoms with van der Waals surface area (Å²) in [6.45, 7) is 15.8. The van der Waals surface area contributed by atoms with E-state index < -0.39 is 0 Å². The molecule has 1 heteroatoms. The van der Waals surface area contributed by atoms with Gasteiger partial charge in [-0.25, -0.2) is 0 Å². The highest BCUT2D eigenvalue weighted by Gasteiger charge is 2.53. The molecule has 4 aliphatic rings. The summed E-state index contributed by atoms with van der Waals surface area (Å²) in [5, 5.41) is 11.5. The normalized spacial score (nSPS) is 33.7. The summed E-state index contributed by atoms with van der Waals surface area (Å²) < 4.78 is 0. The number of hydrogen-bond acceptors (Lipinski definition) is 1. The summed E-state index contributed by atoms with van der Waals surface area (Å²) >= 11 is 0. The number of benzene rings is 1. The number of rotatable bonds is 1. The molecule has 4 bridgehead atoms. The van der Waals surface area contributed by atoms with Gasteiger partial charge in [0, 0.05) is 5.56 Å². The maximum Gasteiger partial charge on any atom is 0.123 e. The van der Waals surface area contributed by atoms with Gasteiger partial charge in [-0.3, -0.25) is 0 Å². The predicted octanol–water partition coefficient (Wildman–Crippen LogP) is 6.76. The van der Waals surface area contributed by atoms with Gasteiger partial charge < -0.3 is 5.11 Å². The van der Waals surface area contributed by atoms with E-state index in [1.54, 1.807) is 0 Å². The number of hydrogen-bond donors (Lipinski definition) is 1. The van der Waals surface area contributed by atoms with Crippen molar-refractivity contribution in [3.63, 3.8) is 0 Å². The summed E-state index contributed by atoms with van der Waals surface area (Å²) in [4.78, 5) is 0. The molecule has 26 heavy (non-hydrogen) atoms. The van der Waals surface area contributed by atoms with Crippen molar-refractivity contribution < 1.29 is 5.11 Å². The molecule has 4 aliphatic carbocycles. The van der Waals surface area contributed by atoms with Crippen LogP contribution in [0.1, 0.15) is 102 Å². The van der Waals surface area contributed by atoms with E-state index in [0.717, 1.165) is 23.3 Å². The summed E-state index contributed by atoms with van der Waals surface area (Å²) in [7, 11) is 0. The van der Waals surface area contributed by atoms with Crippen LogP contribution in [0.15, 0.2) is 6.07 Å². The number of aromatic hydroxyl groups is 1. The molecular formula is C25H38O. The second-order valence-corrected chi connectivity index (χ2v) is 12.0. The minimum atomic E-state index is -0.0330. The Morgan fingerprint density at radius 1 is 0.846 bits per heavy atom. The maximum atomic E-state index is 11.5. The predicted molar refractivity (Wildman–Crippen MR) is 110 cm³/mol. The van der Waals surface area contributed by atoms with Crippen LogP contribution in [0.4, 0.5) is 0 Å². The first kappa shape index (κ1) is 18.4. The molecule has 0 spiro atoms. The highest BCUT2D eigenvalue weighted by molar-refractivity contribution is 5.58. The first-order chi connectivity index (χ1) is 11.9. The van der Waals surface area contributed by atoms with Gasteiger partial charge in [0.15, 0.2) is 0 Å². The Labute approximate surface area is 160 Å². The van der Waals surface area contributed by atoms with Crippen molar-refractivity contribution >= 4 is 0 Å². The molecule has 5 rings (SSSR count). The quantitative estimate of drug-likeness (QED) is 0.590. The van der Waals surface area contributed by atoms with Crippen LogP contribution in [0.2, 0.25) is 0 Å². The molecule has 4 saturated carbocycles. The van der Waals surface area contributed by atoms with Gasteiger partial charge >= 0.3 is 0 Å². The van der Waals surface area contributed by atoms with E-state index in [4.69, 9.17) is 0 Å². The van der Waals surface area contributed by atoms with E-state index in [2.05, 4.69) is 54.5 Å². The van der Waals surface area contributed by atoms with Gasteiger partial charge in [-0.1, -0.05) is 47.6 Å². The van der Waals surface area contributed by atoms with Gasteiger partial charge in [0.1, 0.15) is 5.75 Å². The highest BCUT2D eigenvalue weighted by atomic mass is 16.3. The second kappa shape index (κ2) is 5.52. The lowest BCUT2D eigenvalue weighted by Crippen LogP contribution is -2.49. The standard InChI is InChI=1S/C25H38O/c1-15-8-19(23(2,3)4)22(26)21(24(5,6)7)20(15)25-12-16-9-17(13-25)11-18(10-16)14-25/h8,16-18,26H,9-14H2,1-7H3. The lowest BCUT2D eigenvalue weighted by molar-refractivity contribution is -0.00636. The zero-order valence-corrected chi connectivity index (χ0v) is 18.0. The summed E-state index contributed by atoms with van der Waals surface area (Å²) in [6.07, 6.45) is 8.48. The number of phenolic OH excluding ortho intramolecular Hbond substituents is 1. The van der Waals surface area contributed by atoms with E-state index in [1.807, 2.05) is 0 Å². The summed E-state index contributed by atoms with van der Waals surface area (Å²) in [6, 6.07) is 2.32. The van der Waals surface area contributed by atoms with Crippen molar-refractivity contribution in [2.45, 2.75) is 103 Å². The summed E-state index contributed by atoms with van der Waals surface area (Å²) in [5.41, 5.74) is 5.60. The van der Waals surface area contributed by atoms with Gasteiger partial charge in [-0.05, 0) is 96.1 Å². The van der Waals surface area contributed by atoms with Crippen LogP contribution >= 0.6 is 0 Å². The van der Waals surface area contributed by atoms with Crippen molar-refractivity contribution in [1.82, 2.24) is 0 Å². The van der Waals surface area contributed by atoms with Gasteiger partial charge in [-0.15, -0.1) is 0 Å². The van der Waals surface area contributed by atoms with Gasteiger partial charge in [0.05, 0.1) is 0 Å². The SMILES string of the molecule is Cc1cc(C(C)(C)C)c(O)c(C(C)(C)C)c1C12CC3CC(CC(C3)C1)C2. The summed E-state index contributed by atoms with van der Waals surface area (Å²) in [5.74, 6) is 3.37. The van der Waals surface area contributed by atoms with Crippen LogP contribution in [0, 0.1) is 24.7 Å². The first-order valence-corrected chi connectivity index (χ1v) is 10.8. The molecule has 1 aromatic carbocycles. The van der Waals surface area contributed by atoms with Crippen molar-refractivity contribution in [3.8, 4) is 5.75 Å². The van der Waals surface area contributed by atoms with Crippen LogP contribution in [-0.2, 0) is 16.2 Å². The molecule has 0 unspecified atom stereocenters. The fourth-order valence-electron chi connectivity index (χ4n) is 7.21. The van der Waals surface area contributed by atoms with Gasteiger partial charge in [0.25, 0.3) is 0 Å². The van der Waals surface area contributed by atoms with Crippen molar-refractivity contribution in [2.75, 3.05) is 0 Å². The second-order valence-electron chi connectivity index (χ2n) is 12.0. The third-order valence-electron chi connectivity index (χ3n) is 7.62. The van der Waals surface area contributed by atoms with E-state index in [9.17, 15) is 5.11 Å². The van der Waals surface area contributed by atoms with Crippen molar-refractivity contribution in [3.05, 3.63) is 28.3 Å². The molecule has 0 aromatic heterocycles. The molecule has 1 aromatic rings. The van der Waals surface area contributed by atoms with E-state index in [1.165, 1.54) is 55.2 Å². The average molecular weight is 355 g/mol. The molecule has 0 amide bonds. The molecule has 1 N–H and O–H groups in total. The number of aryl methyl sites for hydroxylation is 1. The third-order valence-corrected chi connectivity index (χ3v) is 7.62. The Kier molecular flexibility index (Phi) is 3.90. The van der Waals surface area contributed by atoms with Crippen LogP contribution in [0.3, 0.4) is 0 Å².